The lowest BCUT2D eigenvalue weighted by atomic mass is 10.0. The van der Waals surface area contributed by atoms with Gasteiger partial charge in [-0.2, -0.15) is 0 Å². The molecule has 2 aromatic rings. The van der Waals surface area contributed by atoms with Crippen molar-refractivity contribution < 1.29 is 14.7 Å². The second-order valence-electron chi connectivity index (χ2n) is 5.82. The first-order valence-corrected chi connectivity index (χ1v) is 7.57. The molecule has 0 aliphatic carbocycles. The van der Waals surface area contributed by atoms with Crippen LogP contribution in [0.4, 0.5) is 0 Å². The summed E-state index contributed by atoms with van der Waals surface area (Å²) in [5, 5.41) is 11.6. The van der Waals surface area contributed by atoms with E-state index in [1.807, 2.05) is 13.8 Å². The van der Waals surface area contributed by atoms with Gasteiger partial charge in [-0.25, -0.2) is 4.79 Å². The quantitative estimate of drug-likeness (QED) is 0.746. The Kier molecular flexibility index (Phi) is 5.47. The summed E-state index contributed by atoms with van der Waals surface area (Å²) in [6.07, 6.45) is 1.88. The van der Waals surface area contributed by atoms with E-state index < -0.39 is 23.5 Å². The second-order valence-corrected chi connectivity index (χ2v) is 5.82. The number of rotatable bonds is 6. The third kappa shape index (κ3) is 4.28. The smallest absolute Gasteiger partial charge is 0.326 e. The SMILES string of the molecule is CC(C)C[C@H](NC(=O)c1ccc(-c2ccccn2)[nH]c1=O)C(=O)O. The lowest BCUT2D eigenvalue weighted by Crippen LogP contribution is -2.43. The molecule has 2 heterocycles. The average molecular weight is 329 g/mol. The molecular weight excluding hydrogens is 310 g/mol. The van der Waals surface area contributed by atoms with Crippen LogP contribution in [-0.2, 0) is 4.79 Å². The van der Waals surface area contributed by atoms with Gasteiger partial charge < -0.3 is 15.4 Å². The molecule has 24 heavy (non-hydrogen) atoms. The summed E-state index contributed by atoms with van der Waals surface area (Å²) in [5.41, 5.74) is 0.327. The number of nitrogens with zero attached hydrogens (tertiary/aromatic N) is 1. The molecule has 3 N–H and O–H groups in total. The van der Waals surface area contributed by atoms with Gasteiger partial charge in [-0.1, -0.05) is 19.9 Å². The largest absolute Gasteiger partial charge is 0.480 e. The third-order valence-corrected chi connectivity index (χ3v) is 3.41. The van der Waals surface area contributed by atoms with Crippen LogP contribution in [0.1, 0.15) is 30.6 Å². The van der Waals surface area contributed by atoms with Gasteiger partial charge in [0.1, 0.15) is 11.6 Å². The molecule has 2 rings (SSSR count). The highest BCUT2D eigenvalue weighted by atomic mass is 16.4. The molecular formula is C17H19N3O4. The van der Waals surface area contributed by atoms with Crippen LogP contribution in [0, 0.1) is 5.92 Å². The fourth-order valence-corrected chi connectivity index (χ4v) is 2.25. The van der Waals surface area contributed by atoms with Crippen LogP contribution >= 0.6 is 0 Å². The molecule has 0 saturated heterocycles. The normalized spacial score (nSPS) is 12.0. The van der Waals surface area contributed by atoms with E-state index in [0.717, 1.165) is 0 Å². The summed E-state index contributed by atoms with van der Waals surface area (Å²) in [6.45, 7) is 3.72. The molecule has 0 bridgehead atoms. The van der Waals surface area contributed by atoms with E-state index in [1.54, 1.807) is 30.5 Å². The third-order valence-electron chi connectivity index (χ3n) is 3.41. The van der Waals surface area contributed by atoms with Gasteiger partial charge in [0.25, 0.3) is 11.5 Å². The summed E-state index contributed by atoms with van der Waals surface area (Å²) in [5.74, 6) is -1.74. The molecule has 0 saturated carbocycles. The van der Waals surface area contributed by atoms with Gasteiger partial charge in [0.15, 0.2) is 0 Å². The molecule has 0 unspecified atom stereocenters. The number of H-pyrrole nitrogens is 1. The van der Waals surface area contributed by atoms with Crippen molar-refractivity contribution in [2.24, 2.45) is 5.92 Å². The molecule has 126 valence electrons. The minimum atomic E-state index is -1.13. The summed E-state index contributed by atoms with van der Waals surface area (Å²) in [4.78, 5) is 42.3. The molecule has 0 fully saturated rings. The van der Waals surface area contributed by atoms with Crippen molar-refractivity contribution in [3.8, 4) is 11.4 Å². The van der Waals surface area contributed by atoms with Crippen LogP contribution in [0.5, 0.6) is 0 Å². The maximum absolute atomic E-state index is 12.2. The Morgan fingerprint density at radius 3 is 2.54 bits per heavy atom. The Labute approximate surface area is 138 Å². The first kappa shape index (κ1) is 17.4. The Morgan fingerprint density at radius 2 is 2.00 bits per heavy atom. The van der Waals surface area contributed by atoms with Crippen molar-refractivity contribution in [1.29, 1.82) is 0 Å². The standard InChI is InChI=1S/C17H19N3O4/c1-10(2)9-14(17(23)24)20-16(22)11-6-7-13(19-15(11)21)12-5-3-4-8-18-12/h3-8,10,14H,9H2,1-2H3,(H,19,21)(H,20,22)(H,23,24)/t14-/m0/s1. The Balaban J connectivity index is 2.21. The number of pyridine rings is 2. The van der Waals surface area contributed by atoms with Crippen LogP contribution in [0.25, 0.3) is 11.4 Å². The van der Waals surface area contributed by atoms with E-state index >= 15 is 0 Å². The zero-order valence-corrected chi connectivity index (χ0v) is 13.4. The number of carbonyl (C=O) groups excluding carboxylic acids is 1. The van der Waals surface area contributed by atoms with Crippen LogP contribution in [0.2, 0.25) is 0 Å². The van der Waals surface area contributed by atoms with Crippen molar-refractivity contribution in [2.45, 2.75) is 26.3 Å². The number of aromatic amines is 1. The predicted octanol–water partition coefficient (Wildman–Crippen LogP) is 1.67. The Morgan fingerprint density at radius 1 is 1.25 bits per heavy atom. The molecule has 7 heteroatoms. The molecule has 0 aromatic carbocycles. The highest BCUT2D eigenvalue weighted by molar-refractivity contribution is 5.96. The summed E-state index contributed by atoms with van der Waals surface area (Å²) >= 11 is 0. The van der Waals surface area contributed by atoms with Crippen molar-refractivity contribution in [1.82, 2.24) is 15.3 Å². The van der Waals surface area contributed by atoms with E-state index in [9.17, 15) is 19.5 Å². The van der Waals surface area contributed by atoms with E-state index in [4.69, 9.17) is 0 Å². The van der Waals surface area contributed by atoms with Gasteiger partial charge in [0, 0.05) is 6.20 Å². The number of hydrogen-bond donors (Lipinski definition) is 3. The van der Waals surface area contributed by atoms with Gasteiger partial charge in [-0.3, -0.25) is 14.6 Å². The number of carboxylic acid groups (broad SMARTS) is 1. The minimum absolute atomic E-state index is 0.0937. The van der Waals surface area contributed by atoms with Crippen LogP contribution in [-0.4, -0.2) is 33.0 Å². The van der Waals surface area contributed by atoms with E-state index in [1.165, 1.54) is 6.07 Å². The van der Waals surface area contributed by atoms with Crippen LogP contribution in [0.15, 0.2) is 41.3 Å². The second kappa shape index (κ2) is 7.54. The van der Waals surface area contributed by atoms with E-state index in [0.29, 0.717) is 11.4 Å². The fourth-order valence-electron chi connectivity index (χ4n) is 2.25. The lowest BCUT2D eigenvalue weighted by Gasteiger charge is -2.16. The molecule has 1 amide bonds. The van der Waals surface area contributed by atoms with Crippen molar-refractivity contribution in [3.63, 3.8) is 0 Å². The summed E-state index contributed by atoms with van der Waals surface area (Å²) in [7, 11) is 0. The Hall–Kier alpha value is -2.96. The number of nitrogens with one attached hydrogen (secondary N) is 2. The number of carboxylic acids is 1. The van der Waals surface area contributed by atoms with Gasteiger partial charge in [-0.15, -0.1) is 0 Å². The number of carbonyl (C=O) groups is 2. The van der Waals surface area contributed by atoms with E-state index in [-0.39, 0.29) is 17.9 Å². The zero-order valence-electron chi connectivity index (χ0n) is 13.4. The molecule has 1 atom stereocenters. The summed E-state index contributed by atoms with van der Waals surface area (Å²) < 4.78 is 0. The summed E-state index contributed by atoms with van der Waals surface area (Å²) in [6, 6.07) is 7.17. The predicted molar refractivity (Wildman–Crippen MR) is 88.6 cm³/mol. The highest BCUT2D eigenvalue weighted by Crippen LogP contribution is 2.12. The fraction of sp³-hybridized carbons (Fsp3) is 0.294. The first-order valence-electron chi connectivity index (χ1n) is 7.57. The maximum Gasteiger partial charge on any atom is 0.326 e. The average Bonchev–Trinajstić information content (AvgIpc) is 2.54. The number of amides is 1. The van der Waals surface area contributed by atoms with Gasteiger partial charge in [0.2, 0.25) is 0 Å². The molecule has 0 aliphatic heterocycles. The number of hydrogen-bond acceptors (Lipinski definition) is 4. The lowest BCUT2D eigenvalue weighted by molar-refractivity contribution is -0.139. The zero-order chi connectivity index (χ0) is 17.7. The Bertz CT molecular complexity index is 784. The topological polar surface area (TPSA) is 112 Å². The molecule has 0 spiro atoms. The monoisotopic (exact) mass is 329 g/mol. The van der Waals surface area contributed by atoms with Gasteiger partial charge in [0.05, 0.1) is 11.4 Å². The molecule has 7 nitrogen and oxygen atoms in total. The molecule has 0 aliphatic rings. The van der Waals surface area contributed by atoms with Gasteiger partial charge >= 0.3 is 5.97 Å². The highest BCUT2D eigenvalue weighted by Gasteiger charge is 2.23. The van der Waals surface area contributed by atoms with Gasteiger partial charge in [-0.05, 0) is 36.6 Å². The van der Waals surface area contributed by atoms with Crippen LogP contribution in [0.3, 0.4) is 0 Å². The molecule has 0 radical (unpaired) electrons. The van der Waals surface area contributed by atoms with Crippen molar-refractivity contribution in [2.75, 3.05) is 0 Å². The maximum atomic E-state index is 12.2. The first-order chi connectivity index (χ1) is 11.4. The number of aliphatic carboxylic acids is 1. The van der Waals surface area contributed by atoms with Crippen molar-refractivity contribution in [3.05, 3.63) is 52.4 Å². The van der Waals surface area contributed by atoms with Crippen LogP contribution < -0.4 is 10.9 Å². The molecule has 2 aromatic heterocycles. The number of aromatic nitrogens is 2. The van der Waals surface area contributed by atoms with Crippen molar-refractivity contribution >= 4 is 11.9 Å². The van der Waals surface area contributed by atoms with E-state index in [2.05, 4.69) is 15.3 Å². The minimum Gasteiger partial charge on any atom is -0.480 e.